The van der Waals surface area contributed by atoms with Crippen molar-refractivity contribution in [2.75, 3.05) is 12.3 Å². The Kier molecular flexibility index (Phi) is 2.70. The van der Waals surface area contributed by atoms with Gasteiger partial charge in [-0.15, -0.1) is 0 Å². The Labute approximate surface area is 109 Å². The number of nitrogen functional groups attached to an aromatic ring is 1. The Hall–Kier alpha value is -2.37. The molecule has 0 fully saturated rings. The van der Waals surface area contributed by atoms with E-state index in [9.17, 15) is 9.18 Å². The fourth-order valence-corrected chi connectivity index (χ4v) is 2.23. The maximum Gasteiger partial charge on any atom is 0.256 e. The van der Waals surface area contributed by atoms with Gasteiger partial charge in [-0.25, -0.2) is 9.37 Å². The van der Waals surface area contributed by atoms with Crippen molar-refractivity contribution >= 4 is 11.6 Å². The SMILES string of the molecule is Nc1ccc(F)cc1C(=O)N1CCn2ccnc2C1. The van der Waals surface area contributed by atoms with Gasteiger partial charge in [-0.2, -0.15) is 0 Å². The lowest BCUT2D eigenvalue weighted by Gasteiger charge is -2.28. The Morgan fingerprint density at radius 3 is 3.05 bits per heavy atom. The highest BCUT2D eigenvalue weighted by molar-refractivity contribution is 5.99. The second-order valence-corrected chi connectivity index (χ2v) is 4.50. The topological polar surface area (TPSA) is 64.2 Å². The highest BCUT2D eigenvalue weighted by Crippen LogP contribution is 2.19. The monoisotopic (exact) mass is 260 g/mol. The number of nitrogens with zero attached hydrogens (tertiary/aromatic N) is 3. The molecule has 0 aliphatic carbocycles. The van der Waals surface area contributed by atoms with Gasteiger partial charge in [-0.05, 0) is 18.2 Å². The fraction of sp³-hybridized carbons (Fsp3) is 0.231. The van der Waals surface area contributed by atoms with E-state index in [0.29, 0.717) is 25.3 Å². The number of benzene rings is 1. The molecular formula is C13H13FN4O. The van der Waals surface area contributed by atoms with E-state index in [-0.39, 0.29) is 11.5 Å². The van der Waals surface area contributed by atoms with Crippen molar-refractivity contribution in [3.8, 4) is 0 Å². The number of rotatable bonds is 1. The minimum absolute atomic E-state index is 0.208. The molecule has 1 aromatic heterocycles. The first-order valence-corrected chi connectivity index (χ1v) is 5.99. The summed E-state index contributed by atoms with van der Waals surface area (Å²) in [6.45, 7) is 1.68. The zero-order valence-corrected chi connectivity index (χ0v) is 10.2. The van der Waals surface area contributed by atoms with Crippen LogP contribution in [0.1, 0.15) is 16.2 Å². The number of carbonyl (C=O) groups is 1. The number of amides is 1. The first-order chi connectivity index (χ1) is 9.15. The minimum Gasteiger partial charge on any atom is -0.398 e. The lowest BCUT2D eigenvalue weighted by molar-refractivity contribution is 0.0708. The summed E-state index contributed by atoms with van der Waals surface area (Å²) in [7, 11) is 0. The van der Waals surface area contributed by atoms with Crippen molar-refractivity contribution in [2.24, 2.45) is 0 Å². The third kappa shape index (κ3) is 2.05. The normalized spacial score (nSPS) is 14.3. The Balaban J connectivity index is 1.87. The third-order valence-electron chi connectivity index (χ3n) is 3.28. The summed E-state index contributed by atoms with van der Waals surface area (Å²) >= 11 is 0. The summed E-state index contributed by atoms with van der Waals surface area (Å²) in [6.07, 6.45) is 3.59. The molecule has 0 saturated heterocycles. The van der Waals surface area contributed by atoms with Gasteiger partial charge in [-0.3, -0.25) is 4.79 Å². The lowest BCUT2D eigenvalue weighted by Crippen LogP contribution is -2.38. The molecule has 2 heterocycles. The number of hydrogen-bond acceptors (Lipinski definition) is 3. The second kappa shape index (κ2) is 4.38. The van der Waals surface area contributed by atoms with Crippen LogP contribution < -0.4 is 5.73 Å². The minimum atomic E-state index is -0.462. The molecule has 2 aromatic rings. The predicted octanol–water partition coefficient (Wildman–Crippen LogP) is 1.26. The highest BCUT2D eigenvalue weighted by atomic mass is 19.1. The van der Waals surface area contributed by atoms with E-state index in [0.717, 1.165) is 5.82 Å². The van der Waals surface area contributed by atoms with Crippen LogP contribution in [0.2, 0.25) is 0 Å². The molecular weight excluding hydrogens is 247 g/mol. The van der Waals surface area contributed by atoms with E-state index in [2.05, 4.69) is 4.98 Å². The summed E-state index contributed by atoms with van der Waals surface area (Å²) in [6, 6.07) is 3.83. The van der Waals surface area contributed by atoms with Crippen LogP contribution >= 0.6 is 0 Å². The number of nitrogens with two attached hydrogens (primary N) is 1. The molecule has 0 unspecified atom stereocenters. The number of hydrogen-bond donors (Lipinski definition) is 1. The standard InChI is InChI=1S/C13H13FN4O/c14-9-1-2-11(15)10(7-9)13(19)18-6-5-17-4-3-16-12(17)8-18/h1-4,7H,5-6,8,15H2. The van der Waals surface area contributed by atoms with Crippen LogP contribution in [0.15, 0.2) is 30.6 Å². The van der Waals surface area contributed by atoms with Gasteiger partial charge in [-0.1, -0.05) is 0 Å². The van der Waals surface area contributed by atoms with Crippen LogP contribution in [0.25, 0.3) is 0 Å². The second-order valence-electron chi connectivity index (χ2n) is 4.50. The van der Waals surface area contributed by atoms with E-state index < -0.39 is 5.82 Å². The van der Waals surface area contributed by atoms with Crippen LogP contribution in [0.5, 0.6) is 0 Å². The van der Waals surface area contributed by atoms with Gasteiger partial charge in [0, 0.05) is 31.2 Å². The average molecular weight is 260 g/mol. The highest BCUT2D eigenvalue weighted by Gasteiger charge is 2.23. The van der Waals surface area contributed by atoms with Crippen molar-refractivity contribution in [3.63, 3.8) is 0 Å². The molecule has 0 bridgehead atoms. The number of carbonyl (C=O) groups excluding carboxylic acids is 1. The number of anilines is 1. The molecule has 19 heavy (non-hydrogen) atoms. The van der Waals surface area contributed by atoms with Gasteiger partial charge >= 0.3 is 0 Å². The molecule has 5 nitrogen and oxygen atoms in total. The molecule has 2 N–H and O–H groups in total. The number of aromatic nitrogens is 2. The van der Waals surface area contributed by atoms with Gasteiger partial charge in [0.2, 0.25) is 0 Å². The Morgan fingerprint density at radius 1 is 1.37 bits per heavy atom. The summed E-state index contributed by atoms with van der Waals surface area (Å²) < 4.78 is 15.2. The first kappa shape index (κ1) is 11.7. The molecule has 1 aliphatic rings. The molecule has 98 valence electrons. The van der Waals surface area contributed by atoms with E-state index >= 15 is 0 Å². The van der Waals surface area contributed by atoms with Gasteiger partial charge in [0.25, 0.3) is 5.91 Å². The van der Waals surface area contributed by atoms with Crippen molar-refractivity contribution in [2.45, 2.75) is 13.1 Å². The van der Waals surface area contributed by atoms with Crippen LogP contribution in [0.3, 0.4) is 0 Å². The average Bonchev–Trinajstić information content (AvgIpc) is 2.88. The maximum absolute atomic E-state index is 13.2. The maximum atomic E-state index is 13.2. The van der Waals surface area contributed by atoms with E-state index in [1.54, 1.807) is 11.1 Å². The van der Waals surface area contributed by atoms with Crippen LogP contribution in [-0.4, -0.2) is 26.9 Å². The van der Waals surface area contributed by atoms with Gasteiger partial charge in [0.05, 0.1) is 12.1 Å². The van der Waals surface area contributed by atoms with E-state index in [1.165, 1.54) is 18.2 Å². The van der Waals surface area contributed by atoms with Crippen molar-refractivity contribution in [1.29, 1.82) is 0 Å². The smallest absolute Gasteiger partial charge is 0.256 e. The van der Waals surface area contributed by atoms with Gasteiger partial charge in [0.1, 0.15) is 11.6 Å². The fourth-order valence-electron chi connectivity index (χ4n) is 2.23. The number of imidazole rings is 1. The quantitative estimate of drug-likeness (QED) is 0.785. The lowest BCUT2D eigenvalue weighted by atomic mass is 10.1. The Morgan fingerprint density at radius 2 is 2.21 bits per heavy atom. The van der Waals surface area contributed by atoms with Crippen LogP contribution in [-0.2, 0) is 13.1 Å². The number of halogens is 1. The molecule has 3 rings (SSSR count). The summed E-state index contributed by atoms with van der Waals surface area (Å²) in [5.41, 5.74) is 6.24. The molecule has 0 spiro atoms. The van der Waals surface area contributed by atoms with Gasteiger partial charge in [0.15, 0.2) is 0 Å². The molecule has 0 saturated carbocycles. The summed E-state index contributed by atoms with van der Waals surface area (Å²) in [5, 5.41) is 0. The largest absolute Gasteiger partial charge is 0.398 e. The Bertz CT molecular complexity index is 637. The predicted molar refractivity (Wildman–Crippen MR) is 67.8 cm³/mol. The number of fused-ring (bicyclic) bond motifs is 1. The summed E-state index contributed by atoms with van der Waals surface area (Å²) in [4.78, 5) is 18.2. The third-order valence-corrected chi connectivity index (χ3v) is 3.28. The summed E-state index contributed by atoms with van der Waals surface area (Å²) in [5.74, 6) is 0.108. The molecule has 1 aromatic carbocycles. The van der Waals surface area contributed by atoms with Crippen molar-refractivity contribution in [1.82, 2.24) is 14.5 Å². The molecule has 1 amide bonds. The van der Waals surface area contributed by atoms with E-state index in [4.69, 9.17) is 5.73 Å². The van der Waals surface area contributed by atoms with Gasteiger partial charge < -0.3 is 15.2 Å². The molecule has 6 heteroatoms. The molecule has 1 aliphatic heterocycles. The van der Waals surface area contributed by atoms with Crippen LogP contribution in [0.4, 0.5) is 10.1 Å². The zero-order chi connectivity index (χ0) is 13.4. The molecule has 0 radical (unpaired) electrons. The van der Waals surface area contributed by atoms with Crippen molar-refractivity contribution < 1.29 is 9.18 Å². The van der Waals surface area contributed by atoms with E-state index in [1.807, 2.05) is 10.8 Å². The zero-order valence-electron chi connectivity index (χ0n) is 10.2. The first-order valence-electron chi connectivity index (χ1n) is 5.99. The van der Waals surface area contributed by atoms with Crippen LogP contribution in [0, 0.1) is 5.82 Å². The van der Waals surface area contributed by atoms with Crippen molar-refractivity contribution in [3.05, 3.63) is 47.8 Å². The molecule has 0 atom stereocenters.